The highest BCUT2D eigenvalue weighted by atomic mass is 16.5. The van der Waals surface area contributed by atoms with Gasteiger partial charge in [0, 0.05) is 12.4 Å². The monoisotopic (exact) mass is 167 g/mol. The van der Waals surface area contributed by atoms with E-state index in [1.54, 1.807) is 0 Å². The average Bonchev–Trinajstić information content (AvgIpc) is 2.09. The van der Waals surface area contributed by atoms with Gasteiger partial charge in [-0.1, -0.05) is 5.16 Å². The molecular formula is C7H9N3O2. The topological polar surface area (TPSA) is 67.6 Å². The van der Waals surface area contributed by atoms with Crippen molar-refractivity contribution >= 4 is 6.21 Å². The second-order valence-electron chi connectivity index (χ2n) is 1.92. The Morgan fingerprint density at radius 2 is 2.33 bits per heavy atom. The van der Waals surface area contributed by atoms with Crippen LogP contribution in [0.5, 0.6) is 5.88 Å². The fourth-order valence-electron chi connectivity index (χ4n) is 0.727. The summed E-state index contributed by atoms with van der Waals surface area (Å²) in [6, 6.07) is 0. The Bertz CT molecular complexity index is 275. The summed E-state index contributed by atoms with van der Waals surface area (Å²) >= 11 is 0. The third kappa shape index (κ3) is 1.91. The first-order valence-electron chi connectivity index (χ1n) is 3.49. The molecule has 0 saturated carbocycles. The van der Waals surface area contributed by atoms with E-state index in [0.717, 1.165) is 0 Å². The normalized spacial score (nSPS) is 10.4. The Balaban J connectivity index is 2.91. The fourth-order valence-corrected chi connectivity index (χ4v) is 0.727. The maximum Gasteiger partial charge on any atom is 0.241 e. The Kier molecular flexibility index (Phi) is 3.01. The van der Waals surface area contributed by atoms with Gasteiger partial charge in [0.1, 0.15) is 5.69 Å². The first-order valence-corrected chi connectivity index (χ1v) is 3.49. The van der Waals surface area contributed by atoms with Gasteiger partial charge in [0.05, 0.1) is 12.8 Å². The van der Waals surface area contributed by atoms with Gasteiger partial charge >= 0.3 is 0 Å². The first-order chi connectivity index (χ1) is 5.88. The van der Waals surface area contributed by atoms with E-state index >= 15 is 0 Å². The number of rotatable bonds is 3. The van der Waals surface area contributed by atoms with Crippen LogP contribution in [0, 0.1) is 0 Å². The van der Waals surface area contributed by atoms with E-state index in [1.807, 2.05) is 6.92 Å². The van der Waals surface area contributed by atoms with Crippen LogP contribution < -0.4 is 4.74 Å². The highest BCUT2D eigenvalue weighted by molar-refractivity contribution is 5.79. The number of nitrogens with zero attached hydrogens (tertiary/aromatic N) is 3. The SMILES string of the molecule is CCOc1nccnc1C=NO. The van der Waals surface area contributed by atoms with Gasteiger partial charge < -0.3 is 9.94 Å². The van der Waals surface area contributed by atoms with E-state index in [2.05, 4.69) is 15.1 Å². The van der Waals surface area contributed by atoms with Crippen LogP contribution in [0.4, 0.5) is 0 Å². The summed E-state index contributed by atoms with van der Waals surface area (Å²) in [6.45, 7) is 2.35. The summed E-state index contributed by atoms with van der Waals surface area (Å²) in [4.78, 5) is 7.79. The summed E-state index contributed by atoms with van der Waals surface area (Å²) < 4.78 is 5.11. The largest absolute Gasteiger partial charge is 0.476 e. The zero-order chi connectivity index (χ0) is 8.81. The Labute approximate surface area is 69.7 Å². The number of oxime groups is 1. The molecule has 64 valence electrons. The van der Waals surface area contributed by atoms with Gasteiger partial charge in [-0.3, -0.25) is 0 Å². The predicted octanol–water partition coefficient (Wildman–Crippen LogP) is 0.683. The number of aromatic nitrogens is 2. The van der Waals surface area contributed by atoms with Crippen molar-refractivity contribution in [2.24, 2.45) is 5.16 Å². The van der Waals surface area contributed by atoms with Gasteiger partial charge in [-0.15, -0.1) is 0 Å². The molecule has 0 atom stereocenters. The lowest BCUT2D eigenvalue weighted by Gasteiger charge is -2.02. The zero-order valence-corrected chi connectivity index (χ0v) is 6.64. The molecule has 12 heavy (non-hydrogen) atoms. The van der Waals surface area contributed by atoms with Gasteiger partial charge in [0.2, 0.25) is 5.88 Å². The molecule has 1 aromatic heterocycles. The van der Waals surface area contributed by atoms with Gasteiger partial charge in [-0.05, 0) is 6.92 Å². The molecule has 0 spiro atoms. The van der Waals surface area contributed by atoms with Crippen molar-refractivity contribution in [3.05, 3.63) is 18.1 Å². The zero-order valence-electron chi connectivity index (χ0n) is 6.64. The molecule has 0 aliphatic rings. The van der Waals surface area contributed by atoms with Crippen molar-refractivity contribution in [2.45, 2.75) is 6.92 Å². The molecular weight excluding hydrogens is 158 g/mol. The van der Waals surface area contributed by atoms with Crippen LogP contribution in [0.2, 0.25) is 0 Å². The van der Waals surface area contributed by atoms with Crippen LogP contribution >= 0.6 is 0 Å². The van der Waals surface area contributed by atoms with Gasteiger partial charge in [-0.25, -0.2) is 9.97 Å². The van der Waals surface area contributed by atoms with Crippen LogP contribution in [-0.4, -0.2) is 28.0 Å². The van der Waals surface area contributed by atoms with Crippen molar-refractivity contribution in [1.82, 2.24) is 9.97 Å². The summed E-state index contributed by atoms with van der Waals surface area (Å²) in [5.41, 5.74) is 0.418. The Hall–Kier alpha value is -1.65. The minimum absolute atomic E-state index is 0.373. The predicted molar refractivity (Wildman–Crippen MR) is 42.6 cm³/mol. The summed E-state index contributed by atoms with van der Waals surface area (Å²) in [7, 11) is 0. The van der Waals surface area contributed by atoms with Crippen molar-refractivity contribution in [3.8, 4) is 5.88 Å². The third-order valence-corrected chi connectivity index (χ3v) is 1.15. The summed E-state index contributed by atoms with van der Waals surface area (Å²) in [6.07, 6.45) is 4.19. The van der Waals surface area contributed by atoms with E-state index in [9.17, 15) is 0 Å². The van der Waals surface area contributed by atoms with Crippen molar-refractivity contribution in [1.29, 1.82) is 0 Å². The van der Waals surface area contributed by atoms with Crippen LogP contribution in [0.1, 0.15) is 12.6 Å². The standard InChI is InChI=1S/C7H9N3O2/c1-2-12-7-6(5-10-11)8-3-4-9-7/h3-5,11H,2H2,1H3. The molecule has 0 radical (unpaired) electrons. The molecule has 5 nitrogen and oxygen atoms in total. The molecule has 0 amide bonds. The second kappa shape index (κ2) is 4.27. The average molecular weight is 167 g/mol. The van der Waals surface area contributed by atoms with E-state index in [0.29, 0.717) is 18.2 Å². The minimum atomic E-state index is 0.373. The lowest BCUT2D eigenvalue weighted by Crippen LogP contribution is -2.00. The van der Waals surface area contributed by atoms with Crippen LogP contribution in [0.25, 0.3) is 0 Å². The molecule has 0 aliphatic carbocycles. The molecule has 0 unspecified atom stereocenters. The van der Waals surface area contributed by atoms with Crippen molar-refractivity contribution in [2.75, 3.05) is 6.61 Å². The second-order valence-corrected chi connectivity index (χ2v) is 1.92. The molecule has 1 N–H and O–H groups in total. The van der Waals surface area contributed by atoms with Crippen molar-refractivity contribution < 1.29 is 9.94 Å². The number of hydrogen-bond acceptors (Lipinski definition) is 5. The maximum atomic E-state index is 8.26. The molecule has 0 fully saturated rings. The Morgan fingerprint density at radius 3 is 3.00 bits per heavy atom. The van der Waals surface area contributed by atoms with E-state index < -0.39 is 0 Å². The molecule has 5 heteroatoms. The molecule has 1 aromatic rings. The molecule has 0 bridgehead atoms. The van der Waals surface area contributed by atoms with Crippen LogP contribution in [0.3, 0.4) is 0 Å². The highest BCUT2D eigenvalue weighted by Gasteiger charge is 2.01. The molecule has 0 aromatic carbocycles. The van der Waals surface area contributed by atoms with Crippen LogP contribution in [0.15, 0.2) is 17.5 Å². The third-order valence-electron chi connectivity index (χ3n) is 1.15. The van der Waals surface area contributed by atoms with Crippen molar-refractivity contribution in [3.63, 3.8) is 0 Å². The molecule has 0 saturated heterocycles. The van der Waals surface area contributed by atoms with Crippen LogP contribution in [-0.2, 0) is 0 Å². The summed E-state index contributed by atoms with van der Waals surface area (Å²) in [5, 5.41) is 11.1. The van der Waals surface area contributed by atoms with Gasteiger partial charge in [0.25, 0.3) is 0 Å². The lowest BCUT2D eigenvalue weighted by atomic mass is 10.4. The molecule has 1 rings (SSSR count). The Morgan fingerprint density at radius 1 is 1.58 bits per heavy atom. The summed E-state index contributed by atoms with van der Waals surface area (Å²) in [5.74, 6) is 0.373. The molecule has 1 heterocycles. The lowest BCUT2D eigenvalue weighted by molar-refractivity contribution is 0.316. The fraction of sp³-hybridized carbons (Fsp3) is 0.286. The highest BCUT2D eigenvalue weighted by Crippen LogP contribution is 2.07. The minimum Gasteiger partial charge on any atom is -0.476 e. The van der Waals surface area contributed by atoms with E-state index in [1.165, 1.54) is 18.6 Å². The van der Waals surface area contributed by atoms with E-state index in [4.69, 9.17) is 9.94 Å². The smallest absolute Gasteiger partial charge is 0.241 e. The molecule has 0 aliphatic heterocycles. The van der Waals surface area contributed by atoms with Gasteiger partial charge in [0.15, 0.2) is 0 Å². The quantitative estimate of drug-likeness (QED) is 0.408. The van der Waals surface area contributed by atoms with Gasteiger partial charge in [-0.2, -0.15) is 0 Å². The first kappa shape index (κ1) is 8.45. The number of ether oxygens (including phenoxy) is 1. The van der Waals surface area contributed by atoms with E-state index in [-0.39, 0.29) is 0 Å². The maximum absolute atomic E-state index is 8.26. The number of hydrogen-bond donors (Lipinski definition) is 1.